The molecule has 0 fully saturated rings. The van der Waals surface area contributed by atoms with Gasteiger partial charge in [-0.05, 0) is 30.9 Å². The molecule has 0 spiro atoms. The van der Waals surface area contributed by atoms with Gasteiger partial charge >= 0.3 is 0 Å². The van der Waals surface area contributed by atoms with Gasteiger partial charge in [-0.2, -0.15) is 5.10 Å². The average Bonchev–Trinajstić information content (AvgIpc) is 3.00. The summed E-state index contributed by atoms with van der Waals surface area (Å²) in [5.74, 6) is 0.258. The molecule has 1 unspecified atom stereocenters. The van der Waals surface area contributed by atoms with Crippen molar-refractivity contribution in [3.8, 4) is 11.3 Å². The van der Waals surface area contributed by atoms with Crippen LogP contribution in [0.25, 0.3) is 11.3 Å². The average molecular weight is 296 g/mol. The van der Waals surface area contributed by atoms with Crippen molar-refractivity contribution in [1.29, 1.82) is 0 Å². The Morgan fingerprint density at radius 1 is 1.36 bits per heavy atom. The van der Waals surface area contributed by atoms with Crippen LogP contribution < -0.4 is 5.32 Å². The Hall–Kier alpha value is -2.43. The minimum atomic E-state index is 0.118. The minimum Gasteiger partial charge on any atom is -0.352 e. The molecule has 0 radical (unpaired) electrons. The number of nitrogens with zero attached hydrogens (tertiary/aromatic N) is 3. The highest BCUT2D eigenvalue weighted by molar-refractivity contribution is 5.78. The van der Waals surface area contributed by atoms with E-state index >= 15 is 0 Å². The molecule has 2 aromatic heterocycles. The Labute approximate surface area is 130 Å². The van der Waals surface area contributed by atoms with Crippen LogP contribution in [0.2, 0.25) is 0 Å². The number of carbonyl (C=O) groups is 1. The first-order chi connectivity index (χ1) is 10.7. The Bertz CT molecular complexity index is 672. The quantitative estimate of drug-likeness (QED) is 0.882. The van der Waals surface area contributed by atoms with Crippen molar-refractivity contribution in [1.82, 2.24) is 20.1 Å². The molecule has 0 aromatic carbocycles. The van der Waals surface area contributed by atoms with Crippen molar-refractivity contribution < 1.29 is 4.79 Å². The monoisotopic (exact) mass is 296 g/mol. The van der Waals surface area contributed by atoms with E-state index < -0.39 is 0 Å². The van der Waals surface area contributed by atoms with E-state index in [1.54, 1.807) is 10.9 Å². The Morgan fingerprint density at radius 3 is 2.91 bits per heavy atom. The van der Waals surface area contributed by atoms with Crippen LogP contribution in [0.1, 0.15) is 24.8 Å². The number of carbonyl (C=O) groups excluding carboxylic acids is 1. The van der Waals surface area contributed by atoms with Gasteiger partial charge in [0.2, 0.25) is 5.91 Å². The summed E-state index contributed by atoms with van der Waals surface area (Å²) in [7, 11) is 1.88. The van der Waals surface area contributed by atoms with Gasteiger partial charge < -0.3 is 5.32 Å². The number of hydrogen-bond acceptors (Lipinski definition) is 3. The van der Waals surface area contributed by atoms with Crippen LogP contribution in [-0.4, -0.2) is 20.7 Å². The van der Waals surface area contributed by atoms with Gasteiger partial charge in [0.05, 0.1) is 11.9 Å². The lowest BCUT2D eigenvalue weighted by Gasteiger charge is -2.17. The van der Waals surface area contributed by atoms with Gasteiger partial charge in [0.15, 0.2) is 0 Å². The number of aromatic nitrogens is 3. The number of rotatable bonds is 4. The molecule has 1 aliphatic rings. The zero-order valence-electron chi connectivity index (χ0n) is 12.7. The Morgan fingerprint density at radius 2 is 2.27 bits per heavy atom. The van der Waals surface area contributed by atoms with E-state index in [0.717, 1.165) is 36.1 Å². The number of nitrogens with one attached hydrogen (secondary N) is 1. The minimum absolute atomic E-state index is 0.118. The third kappa shape index (κ3) is 3.42. The molecule has 5 heteroatoms. The van der Waals surface area contributed by atoms with Gasteiger partial charge in [0.25, 0.3) is 0 Å². The van der Waals surface area contributed by atoms with E-state index in [9.17, 15) is 4.79 Å². The predicted molar refractivity (Wildman–Crippen MR) is 84.8 cm³/mol. The molecule has 3 rings (SSSR count). The number of allylic oxidation sites excluding steroid dienone is 2. The maximum absolute atomic E-state index is 12.1. The van der Waals surface area contributed by atoms with Crippen LogP contribution >= 0.6 is 0 Å². The van der Waals surface area contributed by atoms with E-state index in [1.165, 1.54) is 0 Å². The summed E-state index contributed by atoms with van der Waals surface area (Å²) in [5, 5.41) is 7.14. The first kappa shape index (κ1) is 14.5. The molecule has 0 bridgehead atoms. The fourth-order valence-corrected chi connectivity index (χ4v) is 2.62. The fraction of sp³-hybridized carbons (Fsp3) is 0.353. The van der Waals surface area contributed by atoms with Crippen molar-refractivity contribution in [3.63, 3.8) is 0 Å². The molecular formula is C17H20N4O. The fourth-order valence-electron chi connectivity index (χ4n) is 2.62. The Balaban J connectivity index is 1.57. The largest absolute Gasteiger partial charge is 0.352 e. The SMILES string of the molecule is Cn1cc(-c2ccc(CNC(=O)C3CC=CCC3)cn2)cn1. The van der Waals surface area contributed by atoms with Crippen molar-refractivity contribution in [2.45, 2.75) is 25.8 Å². The molecule has 22 heavy (non-hydrogen) atoms. The van der Waals surface area contributed by atoms with Crippen molar-refractivity contribution in [2.24, 2.45) is 13.0 Å². The highest BCUT2D eigenvalue weighted by Gasteiger charge is 2.18. The molecule has 1 aliphatic carbocycles. The van der Waals surface area contributed by atoms with Gasteiger partial charge in [-0.15, -0.1) is 0 Å². The van der Waals surface area contributed by atoms with E-state index in [4.69, 9.17) is 0 Å². The topological polar surface area (TPSA) is 59.8 Å². The first-order valence-corrected chi connectivity index (χ1v) is 7.59. The van der Waals surface area contributed by atoms with Gasteiger partial charge in [-0.1, -0.05) is 18.2 Å². The number of hydrogen-bond donors (Lipinski definition) is 1. The second-order valence-corrected chi connectivity index (χ2v) is 5.65. The number of aryl methyl sites for hydroxylation is 1. The normalized spacial score (nSPS) is 17.4. The molecule has 0 aliphatic heterocycles. The number of amides is 1. The summed E-state index contributed by atoms with van der Waals surface area (Å²) < 4.78 is 1.75. The smallest absolute Gasteiger partial charge is 0.223 e. The first-order valence-electron chi connectivity index (χ1n) is 7.59. The summed E-state index contributed by atoms with van der Waals surface area (Å²) in [4.78, 5) is 16.5. The van der Waals surface area contributed by atoms with E-state index in [1.807, 2.05) is 31.6 Å². The molecule has 0 saturated carbocycles. The van der Waals surface area contributed by atoms with Crippen LogP contribution in [0, 0.1) is 5.92 Å². The second-order valence-electron chi connectivity index (χ2n) is 5.65. The summed E-state index contributed by atoms with van der Waals surface area (Å²) in [6.07, 6.45) is 12.6. The van der Waals surface area contributed by atoms with Crippen molar-refractivity contribution >= 4 is 5.91 Å². The maximum Gasteiger partial charge on any atom is 0.223 e. The van der Waals surface area contributed by atoms with Crippen LogP contribution in [0.15, 0.2) is 42.9 Å². The molecule has 2 aromatic rings. The predicted octanol–water partition coefficient (Wildman–Crippen LogP) is 2.45. The summed E-state index contributed by atoms with van der Waals surface area (Å²) in [6.45, 7) is 0.527. The van der Waals surface area contributed by atoms with Crippen LogP contribution in [0.5, 0.6) is 0 Å². The standard InChI is InChI=1S/C17H20N4O/c1-21-12-15(11-20-21)16-8-7-13(9-18-16)10-19-17(22)14-5-3-2-4-6-14/h2-3,7-9,11-12,14H,4-6,10H2,1H3,(H,19,22). The molecule has 2 heterocycles. The molecule has 0 saturated heterocycles. The molecular weight excluding hydrogens is 276 g/mol. The second kappa shape index (κ2) is 6.56. The molecule has 114 valence electrons. The number of pyridine rings is 1. The highest BCUT2D eigenvalue weighted by Crippen LogP contribution is 2.18. The van der Waals surface area contributed by atoms with Crippen LogP contribution in [0.4, 0.5) is 0 Å². The van der Waals surface area contributed by atoms with Gasteiger partial charge in [0.1, 0.15) is 0 Å². The molecule has 1 amide bonds. The van der Waals surface area contributed by atoms with Crippen LogP contribution in [0.3, 0.4) is 0 Å². The molecule has 1 N–H and O–H groups in total. The highest BCUT2D eigenvalue weighted by atomic mass is 16.1. The lowest BCUT2D eigenvalue weighted by molar-refractivity contribution is -0.125. The summed E-state index contributed by atoms with van der Waals surface area (Å²) in [5.41, 5.74) is 2.89. The lowest BCUT2D eigenvalue weighted by Crippen LogP contribution is -2.30. The van der Waals surface area contributed by atoms with Crippen molar-refractivity contribution in [2.75, 3.05) is 0 Å². The third-order valence-electron chi connectivity index (χ3n) is 3.93. The van der Waals surface area contributed by atoms with Crippen LogP contribution in [-0.2, 0) is 18.4 Å². The molecule has 1 atom stereocenters. The third-order valence-corrected chi connectivity index (χ3v) is 3.93. The van der Waals surface area contributed by atoms with E-state index in [-0.39, 0.29) is 11.8 Å². The summed E-state index contributed by atoms with van der Waals surface area (Å²) >= 11 is 0. The maximum atomic E-state index is 12.1. The zero-order valence-corrected chi connectivity index (χ0v) is 12.7. The lowest BCUT2D eigenvalue weighted by atomic mass is 9.93. The van der Waals surface area contributed by atoms with Gasteiger partial charge in [-0.25, -0.2) is 0 Å². The Kier molecular flexibility index (Phi) is 4.32. The van der Waals surface area contributed by atoms with Gasteiger partial charge in [-0.3, -0.25) is 14.5 Å². The van der Waals surface area contributed by atoms with E-state index in [2.05, 4.69) is 27.6 Å². The zero-order chi connectivity index (χ0) is 15.4. The van der Waals surface area contributed by atoms with Crippen molar-refractivity contribution in [3.05, 3.63) is 48.4 Å². The van der Waals surface area contributed by atoms with Gasteiger partial charge in [0, 0.05) is 37.5 Å². The van der Waals surface area contributed by atoms with E-state index in [0.29, 0.717) is 6.54 Å². The molecule has 5 nitrogen and oxygen atoms in total. The summed E-state index contributed by atoms with van der Waals surface area (Å²) in [6, 6.07) is 3.96.